The maximum absolute atomic E-state index is 13.8. The van der Waals surface area contributed by atoms with Crippen LogP contribution in [-0.2, 0) is 11.2 Å². The number of benzene rings is 1. The number of hydrogen-bond donors (Lipinski definition) is 1. The molecule has 1 aromatic carbocycles. The number of halogens is 2. The summed E-state index contributed by atoms with van der Waals surface area (Å²) in [5.41, 5.74) is -0.0119. The van der Waals surface area contributed by atoms with Gasteiger partial charge in [-0.3, -0.25) is 0 Å². The molecule has 0 saturated carbocycles. The van der Waals surface area contributed by atoms with Crippen LogP contribution in [0.1, 0.15) is 25.8 Å². The molecule has 2 rings (SSSR count). The monoisotopic (exact) mass is 283 g/mol. The predicted molar refractivity (Wildman–Crippen MR) is 75.6 cm³/mol. The van der Waals surface area contributed by atoms with E-state index in [9.17, 15) is 8.78 Å². The summed E-state index contributed by atoms with van der Waals surface area (Å²) in [4.78, 5) is 0. The molecule has 0 amide bonds. The Kier molecular flexibility index (Phi) is 5.11. The third-order valence-corrected chi connectivity index (χ3v) is 3.85. The minimum Gasteiger partial charge on any atom is -0.381 e. The van der Waals surface area contributed by atoms with Crippen LogP contribution >= 0.6 is 0 Å². The van der Waals surface area contributed by atoms with Gasteiger partial charge in [0.25, 0.3) is 0 Å². The van der Waals surface area contributed by atoms with Gasteiger partial charge in [-0.2, -0.15) is 0 Å². The maximum Gasteiger partial charge on any atom is 0.129 e. The van der Waals surface area contributed by atoms with Gasteiger partial charge in [0.15, 0.2) is 0 Å². The molecule has 2 nitrogen and oxygen atoms in total. The Balaban J connectivity index is 2.09. The molecule has 1 aliphatic rings. The van der Waals surface area contributed by atoms with Gasteiger partial charge in [-0.1, -0.05) is 19.9 Å². The van der Waals surface area contributed by atoms with Gasteiger partial charge in [-0.25, -0.2) is 8.78 Å². The topological polar surface area (TPSA) is 21.3 Å². The average molecular weight is 283 g/mol. The van der Waals surface area contributed by atoms with E-state index in [-0.39, 0.29) is 11.0 Å². The molecule has 0 radical (unpaired) electrons. The van der Waals surface area contributed by atoms with E-state index in [1.54, 1.807) is 0 Å². The molecule has 4 heteroatoms. The highest BCUT2D eigenvalue weighted by Gasteiger charge is 2.36. The molecule has 1 aromatic rings. The minimum absolute atomic E-state index is 0.185. The van der Waals surface area contributed by atoms with Gasteiger partial charge in [-0.15, -0.1) is 0 Å². The van der Waals surface area contributed by atoms with Gasteiger partial charge < -0.3 is 10.1 Å². The zero-order valence-corrected chi connectivity index (χ0v) is 12.2. The van der Waals surface area contributed by atoms with E-state index < -0.39 is 11.6 Å². The quantitative estimate of drug-likeness (QED) is 0.866. The molecule has 1 atom stereocenters. The second kappa shape index (κ2) is 6.64. The molecule has 0 aromatic heterocycles. The second-order valence-corrected chi connectivity index (χ2v) is 6.20. The van der Waals surface area contributed by atoms with Crippen molar-refractivity contribution in [3.63, 3.8) is 0 Å². The zero-order chi connectivity index (χ0) is 14.6. The van der Waals surface area contributed by atoms with Crippen molar-refractivity contribution < 1.29 is 13.5 Å². The Bertz CT molecular complexity index is 422. The maximum atomic E-state index is 13.8. The molecule has 112 valence electrons. The fraction of sp³-hybridized carbons (Fsp3) is 0.625. The summed E-state index contributed by atoms with van der Waals surface area (Å²) in [6.07, 6.45) is 1.22. The van der Waals surface area contributed by atoms with E-state index in [1.165, 1.54) is 18.2 Å². The van der Waals surface area contributed by atoms with Gasteiger partial charge in [0.05, 0.1) is 6.61 Å². The second-order valence-electron chi connectivity index (χ2n) is 6.20. The summed E-state index contributed by atoms with van der Waals surface area (Å²) < 4.78 is 33.1. The molecule has 1 fully saturated rings. The molecule has 0 bridgehead atoms. The fourth-order valence-corrected chi connectivity index (χ4v) is 2.69. The Morgan fingerprint density at radius 1 is 1.30 bits per heavy atom. The van der Waals surface area contributed by atoms with Crippen molar-refractivity contribution in [2.45, 2.75) is 26.7 Å². The molecule has 20 heavy (non-hydrogen) atoms. The van der Waals surface area contributed by atoms with Crippen molar-refractivity contribution in [1.29, 1.82) is 0 Å². The Hall–Kier alpha value is -1.00. The lowest BCUT2D eigenvalue weighted by Crippen LogP contribution is -2.38. The van der Waals surface area contributed by atoms with Crippen LogP contribution in [0.2, 0.25) is 0 Å². The van der Waals surface area contributed by atoms with Crippen LogP contribution in [0.25, 0.3) is 0 Å². The van der Waals surface area contributed by atoms with Crippen molar-refractivity contribution in [3.05, 3.63) is 35.4 Å². The molecule has 0 spiro atoms. The SMILES string of the molecule is CC(C)CNCC1(Cc2c(F)cccc2F)CCOC1. The lowest BCUT2D eigenvalue weighted by atomic mass is 9.80. The van der Waals surface area contributed by atoms with Gasteiger partial charge in [0.2, 0.25) is 0 Å². The van der Waals surface area contributed by atoms with Gasteiger partial charge in [0, 0.05) is 24.1 Å². The summed E-state index contributed by atoms with van der Waals surface area (Å²) in [7, 11) is 0. The number of hydrogen-bond acceptors (Lipinski definition) is 2. The van der Waals surface area contributed by atoms with Crippen LogP contribution in [0.5, 0.6) is 0 Å². The largest absolute Gasteiger partial charge is 0.381 e. The van der Waals surface area contributed by atoms with E-state index in [0.29, 0.717) is 25.6 Å². The molecule has 1 N–H and O–H groups in total. The molecule has 1 saturated heterocycles. The molecule has 0 aliphatic carbocycles. The van der Waals surface area contributed by atoms with Gasteiger partial charge in [0.1, 0.15) is 11.6 Å². The third kappa shape index (κ3) is 3.76. The first-order valence-electron chi connectivity index (χ1n) is 7.24. The summed E-state index contributed by atoms with van der Waals surface area (Å²) in [5.74, 6) is -0.361. The third-order valence-electron chi connectivity index (χ3n) is 3.85. The first-order valence-corrected chi connectivity index (χ1v) is 7.24. The summed E-state index contributed by atoms with van der Waals surface area (Å²) >= 11 is 0. The first kappa shape index (κ1) is 15.4. The van der Waals surface area contributed by atoms with E-state index in [0.717, 1.165) is 19.5 Å². The normalized spacial score (nSPS) is 22.6. The molecular weight excluding hydrogens is 260 g/mol. The van der Waals surface area contributed by atoms with Gasteiger partial charge >= 0.3 is 0 Å². The van der Waals surface area contributed by atoms with E-state index in [4.69, 9.17) is 4.74 Å². The smallest absolute Gasteiger partial charge is 0.129 e. The zero-order valence-electron chi connectivity index (χ0n) is 12.2. The molecular formula is C16H23F2NO. The number of rotatable bonds is 6. The van der Waals surface area contributed by atoms with Crippen LogP contribution < -0.4 is 5.32 Å². The van der Waals surface area contributed by atoms with E-state index in [1.807, 2.05) is 0 Å². The Labute approximate surface area is 119 Å². The first-order chi connectivity index (χ1) is 9.52. The highest BCUT2D eigenvalue weighted by molar-refractivity contribution is 5.21. The van der Waals surface area contributed by atoms with Crippen molar-refractivity contribution in [2.24, 2.45) is 11.3 Å². The van der Waals surface area contributed by atoms with E-state index >= 15 is 0 Å². The van der Waals surface area contributed by atoms with Crippen LogP contribution in [0, 0.1) is 23.0 Å². The lowest BCUT2D eigenvalue weighted by molar-refractivity contribution is 0.147. The van der Waals surface area contributed by atoms with Crippen molar-refractivity contribution in [2.75, 3.05) is 26.3 Å². The Morgan fingerprint density at radius 3 is 2.55 bits per heavy atom. The van der Waals surface area contributed by atoms with Crippen LogP contribution in [-0.4, -0.2) is 26.3 Å². The number of ether oxygens (including phenoxy) is 1. The Morgan fingerprint density at radius 2 is 2.00 bits per heavy atom. The summed E-state index contributed by atoms with van der Waals surface area (Å²) in [6, 6.07) is 4.05. The molecule has 1 heterocycles. The molecule has 1 unspecified atom stereocenters. The van der Waals surface area contributed by atoms with Crippen molar-refractivity contribution in [1.82, 2.24) is 5.32 Å². The van der Waals surface area contributed by atoms with Crippen molar-refractivity contribution in [3.8, 4) is 0 Å². The lowest BCUT2D eigenvalue weighted by Gasteiger charge is -2.28. The van der Waals surface area contributed by atoms with Crippen LogP contribution in [0.15, 0.2) is 18.2 Å². The standard InChI is InChI=1S/C16H23F2NO/c1-12(2)9-19-10-16(6-7-20-11-16)8-13-14(17)4-3-5-15(13)18/h3-5,12,19H,6-11H2,1-2H3. The minimum atomic E-state index is -0.458. The van der Waals surface area contributed by atoms with Crippen LogP contribution in [0.3, 0.4) is 0 Å². The summed E-state index contributed by atoms with van der Waals surface area (Å²) in [5, 5.41) is 3.40. The number of nitrogens with one attached hydrogen (secondary N) is 1. The van der Waals surface area contributed by atoms with E-state index in [2.05, 4.69) is 19.2 Å². The van der Waals surface area contributed by atoms with Gasteiger partial charge in [-0.05, 0) is 37.4 Å². The highest BCUT2D eigenvalue weighted by atomic mass is 19.1. The fourth-order valence-electron chi connectivity index (χ4n) is 2.69. The van der Waals surface area contributed by atoms with Crippen molar-refractivity contribution >= 4 is 0 Å². The molecule has 1 aliphatic heterocycles. The average Bonchev–Trinajstić information content (AvgIpc) is 2.83. The highest BCUT2D eigenvalue weighted by Crippen LogP contribution is 2.33. The van der Waals surface area contributed by atoms with Crippen LogP contribution in [0.4, 0.5) is 8.78 Å². The summed E-state index contributed by atoms with van der Waals surface area (Å²) in [6.45, 7) is 7.15. The predicted octanol–water partition coefficient (Wildman–Crippen LogP) is 3.16.